The van der Waals surface area contributed by atoms with E-state index in [2.05, 4.69) is 0 Å². The molecule has 1 fully saturated rings. The molecule has 122 valence electrons. The summed E-state index contributed by atoms with van der Waals surface area (Å²) in [5.41, 5.74) is 0.319. The predicted molar refractivity (Wildman–Crippen MR) is 80.1 cm³/mol. The summed E-state index contributed by atoms with van der Waals surface area (Å²) in [6, 6.07) is 6.81. The van der Waals surface area contributed by atoms with Gasteiger partial charge in [-0.15, -0.1) is 0 Å². The summed E-state index contributed by atoms with van der Waals surface area (Å²) >= 11 is 0. The molecule has 1 aromatic rings. The summed E-state index contributed by atoms with van der Waals surface area (Å²) < 4.78 is 50.3. The summed E-state index contributed by atoms with van der Waals surface area (Å²) in [6.07, 6.45) is 3.89. The fourth-order valence-corrected chi connectivity index (χ4v) is 2.92. The van der Waals surface area contributed by atoms with Crippen molar-refractivity contribution in [3.8, 4) is 6.07 Å². The molecule has 1 aromatic carbocycles. The second-order valence-electron chi connectivity index (χ2n) is 5.74. The summed E-state index contributed by atoms with van der Waals surface area (Å²) in [4.78, 5) is 0. The third-order valence-electron chi connectivity index (χ3n) is 4.21. The van der Waals surface area contributed by atoms with Crippen LogP contribution in [0.2, 0.25) is 0 Å². The number of rotatable bonds is 3. The minimum absolute atomic E-state index is 0.272. The highest BCUT2D eigenvalue weighted by Crippen LogP contribution is 2.37. The van der Waals surface area contributed by atoms with Gasteiger partial charge in [-0.05, 0) is 61.3 Å². The second kappa shape index (κ2) is 7.45. The van der Waals surface area contributed by atoms with Gasteiger partial charge in [-0.2, -0.15) is 22.8 Å². The van der Waals surface area contributed by atoms with Crippen LogP contribution >= 0.6 is 0 Å². The van der Waals surface area contributed by atoms with E-state index in [1.807, 2.05) is 6.08 Å². The van der Waals surface area contributed by atoms with E-state index in [-0.39, 0.29) is 5.92 Å². The minimum atomic E-state index is -4.30. The van der Waals surface area contributed by atoms with Crippen molar-refractivity contribution in [2.75, 3.05) is 0 Å². The van der Waals surface area contributed by atoms with Crippen LogP contribution in [0, 0.1) is 17.2 Å². The van der Waals surface area contributed by atoms with E-state index in [1.54, 1.807) is 18.2 Å². The molecule has 0 aromatic heterocycles. The smallest absolute Gasteiger partial charge is 0.195 e. The Morgan fingerprint density at radius 1 is 1.09 bits per heavy atom. The molecular weight excluding hydrogens is 306 g/mol. The van der Waals surface area contributed by atoms with Crippen molar-refractivity contribution >= 4 is 0 Å². The average Bonchev–Trinajstić information content (AvgIpc) is 2.54. The van der Waals surface area contributed by atoms with E-state index in [1.165, 1.54) is 6.07 Å². The summed E-state index contributed by atoms with van der Waals surface area (Å²) in [6.45, 7) is 0. The van der Waals surface area contributed by atoms with Gasteiger partial charge >= 0.3 is 6.18 Å². The molecule has 0 spiro atoms. The van der Waals surface area contributed by atoms with E-state index in [4.69, 9.17) is 5.26 Å². The molecule has 0 atom stereocenters. The Morgan fingerprint density at radius 3 is 2.22 bits per heavy atom. The number of hydrogen-bond donors (Lipinski definition) is 0. The normalized spacial score (nSPS) is 23.0. The van der Waals surface area contributed by atoms with Gasteiger partial charge < -0.3 is 0 Å². The van der Waals surface area contributed by atoms with Crippen LogP contribution < -0.4 is 0 Å². The number of benzene rings is 1. The highest BCUT2D eigenvalue weighted by atomic mass is 19.4. The summed E-state index contributed by atoms with van der Waals surface area (Å²) in [5, 5.41) is 8.30. The van der Waals surface area contributed by atoms with Gasteiger partial charge in [0.15, 0.2) is 5.83 Å². The SMILES string of the molecule is N#CC(F)=CC=CC1CCC(c2ccc(C(F)(F)F)cc2)CC1. The van der Waals surface area contributed by atoms with Gasteiger partial charge in [0.05, 0.1) is 5.56 Å². The third kappa shape index (κ3) is 4.95. The van der Waals surface area contributed by atoms with Crippen molar-refractivity contribution in [2.45, 2.75) is 37.8 Å². The Balaban J connectivity index is 1.91. The van der Waals surface area contributed by atoms with Gasteiger partial charge in [-0.25, -0.2) is 0 Å². The average molecular weight is 323 g/mol. The third-order valence-corrected chi connectivity index (χ3v) is 4.21. The quantitative estimate of drug-likeness (QED) is 0.385. The molecule has 2 rings (SSSR count). The fourth-order valence-electron chi connectivity index (χ4n) is 2.92. The molecule has 0 unspecified atom stereocenters. The van der Waals surface area contributed by atoms with E-state index in [0.29, 0.717) is 5.92 Å². The van der Waals surface area contributed by atoms with E-state index in [9.17, 15) is 17.6 Å². The number of alkyl halides is 3. The van der Waals surface area contributed by atoms with Gasteiger partial charge in [-0.3, -0.25) is 0 Å². The molecule has 1 saturated carbocycles. The topological polar surface area (TPSA) is 23.8 Å². The van der Waals surface area contributed by atoms with Crippen LogP contribution in [0.4, 0.5) is 17.6 Å². The number of allylic oxidation sites excluding steroid dienone is 4. The maximum absolute atomic E-state index is 12.7. The number of hydrogen-bond acceptors (Lipinski definition) is 1. The number of nitriles is 1. The lowest BCUT2D eigenvalue weighted by Gasteiger charge is -2.27. The zero-order chi connectivity index (χ0) is 16.9. The van der Waals surface area contributed by atoms with E-state index >= 15 is 0 Å². The molecule has 0 radical (unpaired) electrons. The van der Waals surface area contributed by atoms with Crippen LogP contribution in [0.1, 0.15) is 42.7 Å². The maximum atomic E-state index is 12.7. The predicted octanol–water partition coefficient (Wildman–Crippen LogP) is 5.91. The molecule has 0 bridgehead atoms. The summed E-state index contributed by atoms with van der Waals surface area (Å²) in [7, 11) is 0. The monoisotopic (exact) mass is 323 g/mol. The first-order valence-electron chi connectivity index (χ1n) is 7.51. The van der Waals surface area contributed by atoms with Crippen molar-refractivity contribution in [2.24, 2.45) is 5.92 Å². The lowest BCUT2D eigenvalue weighted by molar-refractivity contribution is -0.137. The molecule has 0 N–H and O–H groups in total. The van der Waals surface area contributed by atoms with Gasteiger partial charge in [0.2, 0.25) is 0 Å². The van der Waals surface area contributed by atoms with E-state index < -0.39 is 17.6 Å². The largest absolute Gasteiger partial charge is 0.416 e. The van der Waals surface area contributed by atoms with Crippen LogP contribution in [0.25, 0.3) is 0 Å². The Hall–Kier alpha value is -2.09. The Bertz CT molecular complexity index is 612. The molecule has 1 nitrogen and oxygen atoms in total. The summed E-state index contributed by atoms with van der Waals surface area (Å²) in [5.74, 6) is -0.226. The molecule has 1 aliphatic carbocycles. The molecule has 0 amide bonds. The zero-order valence-electron chi connectivity index (χ0n) is 12.5. The van der Waals surface area contributed by atoms with Crippen molar-refractivity contribution < 1.29 is 17.6 Å². The Kier molecular flexibility index (Phi) is 5.59. The fraction of sp³-hybridized carbons (Fsp3) is 0.389. The lowest BCUT2D eigenvalue weighted by Crippen LogP contribution is -2.12. The van der Waals surface area contributed by atoms with Gasteiger partial charge in [0.25, 0.3) is 0 Å². The molecular formula is C18H17F4N. The number of nitrogens with zero attached hydrogens (tertiary/aromatic N) is 1. The van der Waals surface area contributed by atoms with Crippen LogP contribution in [0.3, 0.4) is 0 Å². The van der Waals surface area contributed by atoms with Gasteiger partial charge in [0, 0.05) is 0 Å². The molecule has 0 saturated heterocycles. The van der Waals surface area contributed by atoms with Crippen molar-refractivity contribution in [1.82, 2.24) is 0 Å². The molecule has 1 aliphatic rings. The van der Waals surface area contributed by atoms with E-state index in [0.717, 1.165) is 49.5 Å². The lowest BCUT2D eigenvalue weighted by atomic mass is 9.78. The van der Waals surface area contributed by atoms with Crippen LogP contribution in [0.15, 0.2) is 48.3 Å². The highest BCUT2D eigenvalue weighted by molar-refractivity contribution is 5.27. The van der Waals surface area contributed by atoms with Crippen LogP contribution in [0.5, 0.6) is 0 Å². The van der Waals surface area contributed by atoms with Crippen molar-refractivity contribution in [1.29, 1.82) is 5.26 Å². The standard InChI is InChI=1S/C18H17F4N/c19-17(12-23)3-1-2-13-4-6-14(7-5-13)15-8-10-16(11-9-15)18(20,21)22/h1-3,8-11,13-14H,4-7H2. The van der Waals surface area contributed by atoms with Crippen LogP contribution in [-0.4, -0.2) is 0 Å². The zero-order valence-corrected chi connectivity index (χ0v) is 12.5. The van der Waals surface area contributed by atoms with Gasteiger partial charge in [-0.1, -0.05) is 24.3 Å². The van der Waals surface area contributed by atoms with Crippen molar-refractivity contribution in [3.63, 3.8) is 0 Å². The Morgan fingerprint density at radius 2 is 1.70 bits per heavy atom. The first-order chi connectivity index (χ1) is 10.9. The minimum Gasteiger partial charge on any atom is -0.195 e. The van der Waals surface area contributed by atoms with Gasteiger partial charge in [0.1, 0.15) is 6.07 Å². The highest BCUT2D eigenvalue weighted by Gasteiger charge is 2.30. The Labute approximate surface area is 132 Å². The number of halogens is 4. The molecule has 5 heteroatoms. The van der Waals surface area contributed by atoms with Crippen molar-refractivity contribution in [3.05, 3.63) is 59.4 Å². The first-order valence-corrected chi connectivity index (χ1v) is 7.51. The van der Waals surface area contributed by atoms with Crippen LogP contribution in [-0.2, 0) is 6.18 Å². The molecule has 23 heavy (non-hydrogen) atoms. The maximum Gasteiger partial charge on any atom is 0.416 e. The molecule has 0 heterocycles. The molecule has 0 aliphatic heterocycles. The second-order valence-corrected chi connectivity index (χ2v) is 5.74. The first kappa shape index (κ1) is 17.3.